The zero-order valence-corrected chi connectivity index (χ0v) is 9.72. The van der Waals surface area contributed by atoms with E-state index in [0.29, 0.717) is 25.2 Å². The third kappa shape index (κ3) is 2.48. The summed E-state index contributed by atoms with van der Waals surface area (Å²) in [5.41, 5.74) is 5.96. The molecule has 0 aliphatic carbocycles. The van der Waals surface area contributed by atoms with Gasteiger partial charge in [0.2, 0.25) is 0 Å². The van der Waals surface area contributed by atoms with Crippen LogP contribution in [0.5, 0.6) is 0 Å². The van der Waals surface area contributed by atoms with Crippen molar-refractivity contribution < 1.29 is 9.90 Å². The molecule has 17 heavy (non-hydrogen) atoms. The average Bonchev–Trinajstić information content (AvgIpc) is 2.90. The van der Waals surface area contributed by atoms with Gasteiger partial charge < -0.3 is 10.8 Å². The Kier molecular flexibility index (Phi) is 3.45. The summed E-state index contributed by atoms with van der Waals surface area (Å²) < 4.78 is 1.54. The van der Waals surface area contributed by atoms with Crippen LogP contribution in [0.15, 0.2) is 11.6 Å². The summed E-state index contributed by atoms with van der Waals surface area (Å²) in [6.45, 7) is 0.777. The minimum absolute atomic E-state index is 0.0352. The van der Waals surface area contributed by atoms with Gasteiger partial charge in [0.1, 0.15) is 5.01 Å². The molecule has 0 amide bonds. The van der Waals surface area contributed by atoms with Crippen molar-refractivity contribution in [2.75, 3.05) is 6.54 Å². The lowest BCUT2D eigenvalue weighted by Crippen LogP contribution is -2.14. The van der Waals surface area contributed by atoms with Gasteiger partial charge in [0, 0.05) is 18.0 Å². The molecule has 90 valence electrons. The molecule has 2 rings (SSSR count). The lowest BCUT2D eigenvalue weighted by molar-refractivity contribution is 0.0689. The molecule has 8 heteroatoms. The van der Waals surface area contributed by atoms with E-state index in [4.69, 9.17) is 10.8 Å². The van der Waals surface area contributed by atoms with Crippen LogP contribution in [0.4, 0.5) is 0 Å². The topological polar surface area (TPSA) is 107 Å². The van der Waals surface area contributed by atoms with E-state index in [9.17, 15) is 4.79 Å². The fraction of sp³-hybridized carbons (Fsp3) is 0.333. The standard InChI is InChI=1S/C9H11N5O2S/c10-2-1-6-8(9(15)16)12-13-14(6)5-7-11-3-4-17-7/h3-4H,1-2,5,10H2,(H,15,16). The number of carbonyl (C=O) groups is 1. The molecule has 0 aliphatic rings. The van der Waals surface area contributed by atoms with Crippen molar-refractivity contribution >= 4 is 17.3 Å². The zero-order chi connectivity index (χ0) is 12.3. The van der Waals surface area contributed by atoms with Crippen LogP contribution in [0.1, 0.15) is 21.2 Å². The minimum atomic E-state index is -1.08. The zero-order valence-electron chi connectivity index (χ0n) is 8.91. The maximum absolute atomic E-state index is 10.9. The predicted octanol–water partition coefficient (Wildman–Crippen LogP) is -0.0177. The Labute approximate surface area is 101 Å². The Hall–Kier alpha value is -1.80. The second-order valence-corrected chi connectivity index (χ2v) is 4.29. The highest BCUT2D eigenvalue weighted by Crippen LogP contribution is 2.11. The lowest BCUT2D eigenvalue weighted by Gasteiger charge is -2.03. The quantitative estimate of drug-likeness (QED) is 0.775. The Morgan fingerprint density at radius 2 is 2.41 bits per heavy atom. The molecular formula is C9H11N5O2S. The molecule has 2 aromatic heterocycles. The maximum atomic E-state index is 10.9. The fourth-order valence-electron chi connectivity index (χ4n) is 1.47. The molecule has 0 atom stereocenters. The van der Waals surface area contributed by atoms with Crippen LogP contribution in [-0.2, 0) is 13.0 Å². The first kappa shape index (κ1) is 11.7. The van der Waals surface area contributed by atoms with Crippen molar-refractivity contribution in [2.24, 2.45) is 5.73 Å². The highest BCUT2D eigenvalue weighted by Gasteiger charge is 2.18. The van der Waals surface area contributed by atoms with Crippen LogP contribution >= 0.6 is 11.3 Å². The molecular weight excluding hydrogens is 242 g/mol. The summed E-state index contributed by atoms with van der Waals surface area (Å²) in [6, 6.07) is 0. The second-order valence-electron chi connectivity index (χ2n) is 3.31. The summed E-state index contributed by atoms with van der Waals surface area (Å²) in [5, 5.41) is 19.1. The smallest absolute Gasteiger partial charge is 0.358 e. The van der Waals surface area contributed by atoms with E-state index in [1.54, 1.807) is 6.20 Å². The van der Waals surface area contributed by atoms with Crippen molar-refractivity contribution in [1.82, 2.24) is 20.0 Å². The summed E-state index contributed by atoms with van der Waals surface area (Å²) in [5.74, 6) is -1.08. The van der Waals surface area contributed by atoms with Crippen LogP contribution in [0.2, 0.25) is 0 Å². The minimum Gasteiger partial charge on any atom is -0.476 e. The first-order valence-corrected chi connectivity index (χ1v) is 5.84. The summed E-state index contributed by atoms with van der Waals surface area (Å²) in [4.78, 5) is 15.1. The van der Waals surface area contributed by atoms with Gasteiger partial charge in [0.15, 0.2) is 5.69 Å². The van der Waals surface area contributed by atoms with Crippen LogP contribution in [0.25, 0.3) is 0 Å². The number of aromatic nitrogens is 4. The van der Waals surface area contributed by atoms with E-state index >= 15 is 0 Å². The average molecular weight is 253 g/mol. The summed E-state index contributed by atoms with van der Waals surface area (Å²) in [7, 11) is 0. The van der Waals surface area contributed by atoms with Gasteiger partial charge in [-0.2, -0.15) is 0 Å². The number of carboxylic acids is 1. The molecule has 0 saturated carbocycles. The Bertz CT molecular complexity index is 507. The Morgan fingerprint density at radius 3 is 3.00 bits per heavy atom. The first-order valence-electron chi connectivity index (χ1n) is 4.96. The van der Waals surface area contributed by atoms with E-state index in [2.05, 4.69) is 15.3 Å². The van der Waals surface area contributed by atoms with E-state index in [1.807, 2.05) is 5.38 Å². The van der Waals surface area contributed by atoms with E-state index in [-0.39, 0.29) is 5.69 Å². The number of carboxylic acid groups (broad SMARTS) is 1. The van der Waals surface area contributed by atoms with Gasteiger partial charge in [-0.05, 0) is 6.54 Å². The number of rotatable bonds is 5. The van der Waals surface area contributed by atoms with Gasteiger partial charge >= 0.3 is 5.97 Å². The van der Waals surface area contributed by atoms with Crippen molar-refractivity contribution in [3.8, 4) is 0 Å². The maximum Gasteiger partial charge on any atom is 0.358 e. The third-order valence-electron chi connectivity index (χ3n) is 2.19. The molecule has 0 unspecified atom stereocenters. The van der Waals surface area contributed by atoms with Gasteiger partial charge in [-0.25, -0.2) is 14.5 Å². The second kappa shape index (κ2) is 5.02. The molecule has 2 aromatic rings. The number of nitrogens with zero attached hydrogens (tertiary/aromatic N) is 4. The highest BCUT2D eigenvalue weighted by atomic mass is 32.1. The molecule has 0 spiro atoms. The SMILES string of the molecule is NCCc1c(C(=O)O)nnn1Cc1nccs1. The van der Waals surface area contributed by atoms with Gasteiger partial charge in [0.05, 0.1) is 12.2 Å². The van der Waals surface area contributed by atoms with Crippen molar-refractivity contribution in [1.29, 1.82) is 0 Å². The van der Waals surface area contributed by atoms with Crippen LogP contribution in [0, 0.1) is 0 Å². The Morgan fingerprint density at radius 1 is 1.59 bits per heavy atom. The third-order valence-corrected chi connectivity index (χ3v) is 2.95. The molecule has 0 aromatic carbocycles. The lowest BCUT2D eigenvalue weighted by atomic mass is 10.2. The number of hydrogen-bond donors (Lipinski definition) is 2. The van der Waals surface area contributed by atoms with Gasteiger partial charge in [-0.3, -0.25) is 0 Å². The summed E-state index contributed by atoms with van der Waals surface area (Å²) >= 11 is 1.48. The van der Waals surface area contributed by atoms with E-state index in [0.717, 1.165) is 5.01 Å². The molecule has 3 N–H and O–H groups in total. The number of thiazole rings is 1. The molecule has 0 radical (unpaired) electrons. The monoisotopic (exact) mass is 253 g/mol. The van der Waals surface area contributed by atoms with Gasteiger partial charge in [-0.1, -0.05) is 5.21 Å². The number of aromatic carboxylic acids is 1. The molecule has 0 fully saturated rings. The van der Waals surface area contributed by atoms with Crippen LogP contribution < -0.4 is 5.73 Å². The molecule has 0 bridgehead atoms. The molecule has 7 nitrogen and oxygen atoms in total. The van der Waals surface area contributed by atoms with Crippen molar-refractivity contribution in [2.45, 2.75) is 13.0 Å². The first-order chi connectivity index (χ1) is 8.22. The van der Waals surface area contributed by atoms with Crippen LogP contribution in [0.3, 0.4) is 0 Å². The van der Waals surface area contributed by atoms with Crippen LogP contribution in [-0.4, -0.2) is 37.6 Å². The number of hydrogen-bond acceptors (Lipinski definition) is 6. The summed E-state index contributed by atoms with van der Waals surface area (Å²) in [6.07, 6.45) is 2.12. The number of nitrogens with two attached hydrogens (primary N) is 1. The van der Waals surface area contributed by atoms with E-state index in [1.165, 1.54) is 16.0 Å². The van der Waals surface area contributed by atoms with Gasteiger partial charge in [-0.15, -0.1) is 16.4 Å². The predicted molar refractivity (Wildman–Crippen MR) is 61.0 cm³/mol. The van der Waals surface area contributed by atoms with Crippen molar-refractivity contribution in [3.05, 3.63) is 28.0 Å². The van der Waals surface area contributed by atoms with Crippen molar-refractivity contribution in [3.63, 3.8) is 0 Å². The molecule has 0 saturated heterocycles. The highest BCUT2D eigenvalue weighted by molar-refractivity contribution is 7.09. The largest absolute Gasteiger partial charge is 0.476 e. The Balaban J connectivity index is 2.30. The molecule has 2 heterocycles. The van der Waals surface area contributed by atoms with E-state index < -0.39 is 5.97 Å². The normalized spacial score (nSPS) is 10.6. The fourth-order valence-corrected chi connectivity index (χ4v) is 2.07. The molecule has 0 aliphatic heterocycles. The van der Waals surface area contributed by atoms with Gasteiger partial charge in [0.25, 0.3) is 0 Å².